The van der Waals surface area contributed by atoms with Crippen molar-refractivity contribution in [2.24, 2.45) is 0 Å². The molecule has 0 unspecified atom stereocenters. The van der Waals surface area contributed by atoms with Crippen LogP contribution in [0.1, 0.15) is 38.5 Å². The number of benzene rings is 1. The van der Waals surface area contributed by atoms with Gasteiger partial charge < -0.3 is 9.80 Å². The molecule has 0 aliphatic carbocycles. The van der Waals surface area contributed by atoms with Gasteiger partial charge in [0.15, 0.2) is 0 Å². The summed E-state index contributed by atoms with van der Waals surface area (Å²) < 4.78 is 27.3. The SMILES string of the molecule is Fc1ccc(F)c(NNc2nc(N3CCCCC3)nc(N3CCCCC3)n2)c1. The molecule has 3 heterocycles. The maximum Gasteiger partial charge on any atom is 0.248 e. The van der Waals surface area contributed by atoms with E-state index in [1.165, 1.54) is 12.8 Å². The zero-order valence-corrected chi connectivity index (χ0v) is 15.8. The highest BCUT2D eigenvalue weighted by atomic mass is 19.1. The van der Waals surface area contributed by atoms with Crippen LogP contribution in [0.25, 0.3) is 0 Å². The Balaban J connectivity index is 1.58. The van der Waals surface area contributed by atoms with E-state index in [9.17, 15) is 8.78 Å². The fourth-order valence-electron chi connectivity index (χ4n) is 3.60. The summed E-state index contributed by atoms with van der Waals surface area (Å²) >= 11 is 0. The molecule has 2 N–H and O–H groups in total. The lowest BCUT2D eigenvalue weighted by atomic mass is 10.1. The first-order valence-electron chi connectivity index (χ1n) is 9.92. The molecule has 150 valence electrons. The lowest BCUT2D eigenvalue weighted by Gasteiger charge is -2.30. The normalized spacial score (nSPS) is 17.5. The van der Waals surface area contributed by atoms with Gasteiger partial charge in [0.1, 0.15) is 11.6 Å². The molecule has 28 heavy (non-hydrogen) atoms. The second-order valence-corrected chi connectivity index (χ2v) is 7.23. The van der Waals surface area contributed by atoms with Crippen molar-refractivity contribution in [1.29, 1.82) is 0 Å². The quantitative estimate of drug-likeness (QED) is 0.758. The van der Waals surface area contributed by atoms with Crippen molar-refractivity contribution in [2.45, 2.75) is 38.5 Å². The Morgan fingerprint density at radius 3 is 1.86 bits per heavy atom. The number of nitrogens with one attached hydrogen (secondary N) is 2. The fraction of sp³-hybridized carbons (Fsp3) is 0.526. The molecule has 1 aromatic heterocycles. The summed E-state index contributed by atoms with van der Waals surface area (Å²) in [7, 11) is 0. The van der Waals surface area contributed by atoms with Crippen LogP contribution in [0, 0.1) is 11.6 Å². The van der Waals surface area contributed by atoms with E-state index in [4.69, 9.17) is 4.98 Å². The largest absolute Gasteiger partial charge is 0.341 e. The Morgan fingerprint density at radius 1 is 0.714 bits per heavy atom. The highest BCUT2D eigenvalue weighted by Gasteiger charge is 2.20. The second-order valence-electron chi connectivity index (χ2n) is 7.23. The van der Waals surface area contributed by atoms with E-state index in [0.29, 0.717) is 17.8 Å². The molecule has 2 aliphatic heterocycles. The van der Waals surface area contributed by atoms with Crippen LogP contribution >= 0.6 is 0 Å². The Hall–Kier alpha value is -2.71. The number of halogens is 2. The monoisotopic (exact) mass is 389 g/mol. The minimum atomic E-state index is -0.560. The molecule has 2 fully saturated rings. The molecule has 0 radical (unpaired) electrons. The average Bonchev–Trinajstić information content (AvgIpc) is 2.75. The molecule has 0 atom stereocenters. The number of hydrogen-bond acceptors (Lipinski definition) is 7. The molecule has 9 heteroatoms. The van der Waals surface area contributed by atoms with Crippen molar-refractivity contribution in [3.8, 4) is 0 Å². The number of hydrazine groups is 1. The van der Waals surface area contributed by atoms with E-state index >= 15 is 0 Å². The molecule has 4 rings (SSSR count). The van der Waals surface area contributed by atoms with E-state index in [-0.39, 0.29) is 5.69 Å². The molecule has 0 amide bonds. The predicted molar refractivity (Wildman–Crippen MR) is 106 cm³/mol. The number of aromatic nitrogens is 3. The van der Waals surface area contributed by atoms with Gasteiger partial charge in [0.2, 0.25) is 17.8 Å². The summed E-state index contributed by atoms with van der Waals surface area (Å²) in [5.74, 6) is 0.457. The zero-order valence-electron chi connectivity index (χ0n) is 15.8. The van der Waals surface area contributed by atoms with Crippen molar-refractivity contribution in [2.75, 3.05) is 46.8 Å². The van der Waals surface area contributed by atoms with Gasteiger partial charge in [-0.1, -0.05) is 0 Å². The highest BCUT2D eigenvalue weighted by Crippen LogP contribution is 2.23. The van der Waals surface area contributed by atoms with Crippen molar-refractivity contribution in [3.63, 3.8) is 0 Å². The molecule has 0 saturated carbocycles. The van der Waals surface area contributed by atoms with Gasteiger partial charge in [-0.25, -0.2) is 8.78 Å². The van der Waals surface area contributed by atoms with Crippen molar-refractivity contribution in [3.05, 3.63) is 29.8 Å². The lowest BCUT2D eigenvalue weighted by molar-refractivity contribution is 0.556. The molecule has 2 aromatic rings. The summed E-state index contributed by atoms with van der Waals surface area (Å²) in [4.78, 5) is 18.0. The molecular formula is C19H25F2N7. The summed E-state index contributed by atoms with van der Waals surface area (Å²) in [6.07, 6.45) is 6.87. The number of nitrogens with zero attached hydrogens (tertiary/aromatic N) is 5. The van der Waals surface area contributed by atoms with Crippen molar-refractivity contribution < 1.29 is 8.78 Å². The van der Waals surface area contributed by atoms with Crippen LogP contribution in [0.5, 0.6) is 0 Å². The summed E-state index contributed by atoms with van der Waals surface area (Å²) in [6, 6.07) is 3.23. The van der Waals surface area contributed by atoms with E-state index < -0.39 is 11.6 Å². The third kappa shape index (κ3) is 4.40. The third-order valence-electron chi connectivity index (χ3n) is 5.13. The number of piperidine rings is 2. The van der Waals surface area contributed by atoms with Gasteiger partial charge in [0, 0.05) is 32.2 Å². The third-order valence-corrected chi connectivity index (χ3v) is 5.13. The maximum absolute atomic E-state index is 13.9. The van der Waals surface area contributed by atoms with E-state index in [2.05, 4.69) is 30.6 Å². The number of rotatable bonds is 5. The van der Waals surface area contributed by atoms with Crippen molar-refractivity contribution in [1.82, 2.24) is 15.0 Å². The van der Waals surface area contributed by atoms with Gasteiger partial charge in [-0.05, 0) is 50.7 Å². The lowest BCUT2D eigenvalue weighted by Crippen LogP contribution is -2.34. The Morgan fingerprint density at radius 2 is 1.29 bits per heavy atom. The molecule has 0 bridgehead atoms. The Kier molecular flexibility index (Phi) is 5.68. The molecule has 2 saturated heterocycles. The van der Waals surface area contributed by atoms with Crippen LogP contribution in [-0.2, 0) is 0 Å². The van der Waals surface area contributed by atoms with Crippen LogP contribution < -0.4 is 20.7 Å². The van der Waals surface area contributed by atoms with E-state index in [1.807, 2.05) is 0 Å². The van der Waals surface area contributed by atoms with E-state index in [1.54, 1.807) is 0 Å². The molecule has 2 aliphatic rings. The molecule has 1 aromatic carbocycles. The van der Waals surface area contributed by atoms with Gasteiger partial charge in [0.05, 0.1) is 5.69 Å². The minimum absolute atomic E-state index is 0.000503. The first-order chi connectivity index (χ1) is 13.7. The van der Waals surface area contributed by atoms with Gasteiger partial charge >= 0.3 is 0 Å². The van der Waals surface area contributed by atoms with Crippen LogP contribution in [0.2, 0.25) is 0 Å². The molecular weight excluding hydrogens is 364 g/mol. The highest BCUT2D eigenvalue weighted by molar-refractivity contribution is 5.52. The van der Waals surface area contributed by atoms with Crippen molar-refractivity contribution >= 4 is 23.5 Å². The average molecular weight is 389 g/mol. The predicted octanol–water partition coefficient (Wildman–Crippen LogP) is 3.57. The van der Waals surface area contributed by atoms with Crippen LogP contribution in [-0.4, -0.2) is 41.1 Å². The summed E-state index contributed by atoms with van der Waals surface area (Å²) in [5.41, 5.74) is 5.49. The fourth-order valence-corrected chi connectivity index (χ4v) is 3.60. The summed E-state index contributed by atoms with van der Waals surface area (Å²) in [5, 5.41) is 0. The maximum atomic E-state index is 13.9. The summed E-state index contributed by atoms with van der Waals surface area (Å²) in [6.45, 7) is 3.65. The number of hydrogen-bond donors (Lipinski definition) is 2. The first-order valence-corrected chi connectivity index (χ1v) is 9.92. The smallest absolute Gasteiger partial charge is 0.248 e. The Labute approximate surface area is 163 Å². The van der Waals surface area contributed by atoms with Gasteiger partial charge in [-0.2, -0.15) is 15.0 Å². The second kappa shape index (κ2) is 8.53. The van der Waals surface area contributed by atoms with Gasteiger partial charge in [-0.3, -0.25) is 10.9 Å². The zero-order chi connectivity index (χ0) is 19.3. The first kappa shape index (κ1) is 18.6. The van der Waals surface area contributed by atoms with Crippen LogP contribution in [0.15, 0.2) is 18.2 Å². The standard InChI is InChI=1S/C19H25F2N7/c20-14-7-8-15(21)16(13-14)25-26-17-22-18(27-9-3-1-4-10-27)24-19(23-17)28-11-5-2-6-12-28/h7-8,13,25H,1-6,9-12H2,(H,22,23,24,26). The van der Waals surface area contributed by atoms with E-state index in [0.717, 1.165) is 70.1 Å². The topological polar surface area (TPSA) is 69.2 Å². The molecule has 0 spiro atoms. The number of anilines is 4. The minimum Gasteiger partial charge on any atom is -0.341 e. The van der Waals surface area contributed by atoms with Gasteiger partial charge in [-0.15, -0.1) is 0 Å². The van der Waals surface area contributed by atoms with Crippen LogP contribution in [0.4, 0.5) is 32.3 Å². The Bertz CT molecular complexity index is 769. The van der Waals surface area contributed by atoms with Gasteiger partial charge in [0.25, 0.3) is 0 Å². The van der Waals surface area contributed by atoms with Crippen LogP contribution in [0.3, 0.4) is 0 Å². The molecule has 7 nitrogen and oxygen atoms in total.